The lowest BCUT2D eigenvalue weighted by Gasteiger charge is -2.27. The van der Waals surface area contributed by atoms with Crippen LogP contribution in [0.4, 0.5) is 5.69 Å². The molecule has 1 aliphatic carbocycles. The minimum absolute atomic E-state index is 0.116. The van der Waals surface area contributed by atoms with Crippen molar-refractivity contribution in [3.63, 3.8) is 0 Å². The van der Waals surface area contributed by atoms with Gasteiger partial charge in [-0.05, 0) is 49.8 Å². The van der Waals surface area contributed by atoms with E-state index in [0.29, 0.717) is 16.3 Å². The highest BCUT2D eigenvalue weighted by Gasteiger charge is 2.21. The molecule has 0 unspecified atom stereocenters. The molecule has 0 aromatic heterocycles. The molecule has 1 fully saturated rings. The summed E-state index contributed by atoms with van der Waals surface area (Å²) < 4.78 is 0. The van der Waals surface area contributed by atoms with E-state index in [1.165, 1.54) is 12.8 Å². The molecule has 1 aromatic rings. The van der Waals surface area contributed by atoms with Gasteiger partial charge in [-0.15, -0.1) is 0 Å². The van der Waals surface area contributed by atoms with Gasteiger partial charge in [0.15, 0.2) is 0 Å². The van der Waals surface area contributed by atoms with E-state index < -0.39 is 0 Å². The summed E-state index contributed by atoms with van der Waals surface area (Å²) >= 11 is 5.89. The first-order chi connectivity index (χ1) is 8.56. The molecule has 0 spiro atoms. The topological polar surface area (TPSA) is 55.1 Å². The van der Waals surface area contributed by atoms with Crippen LogP contribution in [0.25, 0.3) is 0 Å². The molecule has 3 N–H and O–H groups in total. The first kappa shape index (κ1) is 13.2. The summed E-state index contributed by atoms with van der Waals surface area (Å²) in [4.78, 5) is 12.1. The molecule has 0 heterocycles. The van der Waals surface area contributed by atoms with Crippen LogP contribution in [0.3, 0.4) is 0 Å². The number of nitrogen functional groups attached to an aromatic ring is 1. The molecule has 98 valence electrons. The maximum atomic E-state index is 12.1. The summed E-state index contributed by atoms with van der Waals surface area (Å²) in [5, 5.41) is 3.58. The third-order valence-electron chi connectivity index (χ3n) is 3.61. The second-order valence-electron chi connectivity index (χ2n) is 5.16. The van der Waals surface area contributed by atoms with Crippen LogP contribution in [-0.2, 0) is 0 Å². The molecule has 1 aromatic carbocycles. The molecule has 0 radical (unpaired) electrons. The number of carbonyl (C=O) groups is 1. The van der Waals surface area contributed by atoms with Gasteiger partial charge in [0.2, 0.25) is 0 Å². The van der Waals surface area contributed by atoms with Gasteiger partial charge in [0.1, 0.15) is 0 Å². The Morgan fingerprint density at radius 1 is 1.33 bits per heavy atom. The highest BCUT2D eigenvalue weighted by molar-refractivity contribution is 6.31. The van der Waals surface area contributed by atoms with Crippen LogP contribution in [0.5, 0.6) is 0 Å². The molecule has 1 saturated carbocycles. The highest BCUT2D eigenvalue weighted by Crippen LogP contribution is 2.24. The van der Waals surface area contributed by atoms with Crippen LogP contribution in [0.15, 0.2) is 18.2 Å². The highest BCUT2D eigenvalue weighted by atomic mass is 35.5. The molecule has 0 saturated heterocycles. The minimum atomic E-state index is -0.116. The Morgan fingerprint density at radius 2 is 2.00 bits per heavy atom. The third kappa shape index (κ3) is 3.16. The molecule has 0 bridgehead atoms. The van der Waals surface area contributed by atoms with Gasteiger partial charge in [0.05, 0.1) is 5.56 Å². The van der Waals surface area contributed by atoms with Gasteiger partial charge in [-0.2, -0.15) is 0 Å². The number of rotatable bonds is 2. The van der Waals surface area contributed by atoms with Gasteiger partial charge in [-0.1, -0.05) is 18.5 Å². The van der Waals surface area contributed by atoms with Crippen molar-refractivity contribution in [2.24, 2.45) is 5.92 Å². The SMILES string of the molecule is CC1CCC(NC(=O)c2cc(Cl)ccc2N)CC1. The number of nitrogens with one attached hydrogen (secondary N) is 1. The van der Waals surface area contributed by atoms with Crippen LogP contribution < -0.4 is 11.1 Å². The fourth-order valence-electron chi connectivity index (χ4n) is 2.39. The fraction of sp³-hybridized carbons (Fsp3) is 0.500. The Hall–Kier alpha value is -1.22. The summed E-state index contributed by atoms with van der Waals surface area (Å²) in [5.41, 5.74) is 6.74. The van der Waals surface area contributed by atoms with Gasteiger partial charge in [0, 0.05) is 16.8 Å². The average molecular weight is 267 g/mol. The number of amides is 1. The lowest BCUT2D eigenvalue weighted by Crippen LogP contribution is -2.37. The zero-order chi connectivity index (χ0) is 13.1. The number of carbonyl (C=O) groups excluding carboxylic acids is 1. The van der Waals surface area contributed by atoms with E-state index in [0.717, 1.165) is 18.8 Å². The summed E-state index contributed by atoms with van der Waals surface area (Å²) in [7, 11) is 0. The third-order valence-corrected chi connectivity index (χ3v) is 3.85. The molecule has 18 heavy (non-hydrogen) atoms. The predicted molar refractivity (Wildman–Crippen MR) is 74.8 cm³/mol. The van der Waals surface area contributed by atoms with E-state index in [4.69, 9.17) is 17.3 Å². The summed E-state index contributed by atoms with van der Waals surface area (Å²) in [6.45, 7) is 2.26. The van der Waals surface area contributed by atoms with Gasteiger partial charge < -0.3 is 11.1 Å². The normalized spacial score (nSPS) is 23.7. The Labute approximate surface area is 113 Å². The van der Waals surface area contributed by atoms with E-state index in [1.807, 2.05) is 0 Å². The number of anilines is 1. The Balaban J connectivity index is 2.01. The molecule has 1 aliphatic rings. The number of halogens is 1. The second kappa shape index (κ2) is 5.61. The first-order valence-electron chi connectivity index (χ1n) is 6.42. The average Bonchev–Trinajstić information content (AvgIpc) is 2.35. The first-order valence-corrected chi connectivity index (χ1v) is 6.80. The lowest BCUT2D eigenvalue weighted by molar-refractivity contribution is 0.0924. The van der Waals surface area contributed by atoms with Crippen molar-refractivity contribution in [2.45, 2.75) is 38.6 Å². The summed E-state index contributed by atoms with van der Waals surface area (Å²) in [5.74, 6) is 0.656. The quantitative estimate of drug-likeness (QED) is 0.808. The predicted octanol–water partition coefficient (Wildman–Crippen LogP) is 3.23. The molecule has 2 rings (SSSR count). The van der Waals surface area contributed by atoms with Crippen LogP contribution in [0.1, 0.15) is 43.0 Å². The monoisotopic (exact) mass is 266 g/mol. The molecule has 3 nitrogen and oxygen atoms in total. The minimum Gasteiger partial charge on any atom is -0.398 e. The number of benzene rings is 1. The van der Waals surface area contributed by atoms with Crippen LogP contribution in [-0.4, -0.2) is 11.9 Å². The van der Waals surface area contributed by atoms with Gasteiger partial charge >= 0.3 is 0 Å². The van der Waals surface area contributed by atoms with Gasteiger partial charge in [-0.3, -0.25) is 4.79 Å². The molecule has 1 amide bonds. The Morgan fingerprint density at radius 3 is 2.67 bits per heavy atom. The Bertz CT molecular complexity index is 439. The smallest absolute Gasteiger partial charge is 0.253 e. The summed E-state index contributed by atoms with van der Waals surface area (Å²) in [6.07, 6.45) is 4.45. The van der Waals surface area contributed by atoms with E-state index >= 15 is 0 Å². The molecule has 0 aliphatic heterocycles. The zero-order valence-electron chi connectivity index (χ0n) is 10.6. The van der Waals surface area contributed by atoms with E-state index in [9.17, 15) is 4.79 Å². The molecular weight excluding hydrogens is 248 g/mol. The number of hydrogen-bond acceptors (Lipinski definition) is 2. The molecule has 4 heteroatoms. The van der Waals surface area contributed by atoms with Crippen LogP contribution in [0, 0.1) is 5.92 Å². The fourth-order valence-corrected chi connectivity index (χ4v) is 2.56. The van der Waals surface area contributed by atoms with Crippen molar-refractivity contribution in [1.29, 1.82) is 0 Å². The van der Waals surface area contributed by atoms with Crippen molar-refractivity contribution in [1.82, 2.24) is 5.32 Å². The zero-order valence-corrected chi connectivity index (χ0v) is 11.3. The second-order valence-corrected chi connectivity index (χ2v) is 5.60. The van der Waals surface area contributed by atoms with Crippen LogP contribution >= 0.6 is 11.6 Å². The van der Waals surface area contributed by atoms with Crippen LogP contribution in [0.2, 0.25) is 5.02 Å². The van der Waals surface area contributed by atoms with Crippen molar-refractivity contribution >= 4 is 23.2 Å². The largest absolute Gasteiger partial charge is 0.398 e. The summed E-state index contributed by atoms with van der Waals surface area (Å²) in [6, 6.07) is 5.25. The van der Waals surface area contributed by atoms with Gasteiger partial charge in [-0.25, -0.2) is 0 Å². The molecular formula is C14H19ClN2O. The standard InChI is InChI=1S/C14H19ClN2O/c1-9-2-5-11(6-3-9)17-14(18)12-8-10(15)4-7-13(12)16/h4,7-9,11H,2-3,5-6,16H2,1H3,(H,17,18). The van der Waals surface area contributed by atoms with Crippen molar-refractivity contribution in [2.75, 3.05) is 5.73 Å². The van der Waals surface area contributed by atoms with Crippen molar-refractivity contribution in [3.8, 4) is 0 Å². The maximum Gasteiger partial charge on any atom is 0.253 e. The van der Waals surface area contributed by atoms with Crippen molar-refractivity contribution < 1.29 is 4.79 Å². The molecule has 0 atom stereocenters. The van der Waals surface area contributed by atoms with E-state index in [1.54, 1.807) is 18.2 Å². The van der Waals surface area contributed by atoms with E-state index in [-0.39, 0.29) is 11.9 Å². The van der Waals surface area contributed by atoms with Crippen molar-refractivity contribution in [3.05, 3.63) is 28.8 Å². The van der Waals surface area contributed by atoms with Gasteiger partial charge in [0.25, 0.3) is 5.91 Å². The lowest BCUT2D eigenvalue weighted by atomic mass is 9.87. The number of nitrogens with two attached hydrogens (primary N) is 1. The Kier molecular flexibility index (Phi) is 4.12. The number of hydrogen-bond donors (Lipinski definition) is 2. The van der Waals surface area contributed by atoms with E-state index in [2.05, 4.69) is 12.2 Å². The maximum absolute atomic E-state index is 12.1.